The maximum absolute atomic E-state index is 12.0. The van der Waals surface area contributed by atoms with Crippen LogP contribution in [0, 0.1) is 0 Å². The van der Waals surface area contributed by atoms with Crippen molar-refractivity contribution in [1.29, 1.82) is 0 Å². The predicted octanol–water partition coefficient (Wildman–Crippen LogP) is 2.27. The molecule has 1 aromatic rings. The molecule has 78 valence electrons. The van der Waals surface area contributed by atoms with Gasteiger partial charge in [0, 0.05) is 18.4 Å². The van der Waals surface area contributed by atoms with Crippen molar-refractivity contribution in [2.75, 3.05) is 24.2 Å². The summed E-state index contributed by atoms with van der Waals surface area (Å²) in [6.45, 7) is -0.961. The minimum Gasteiger partial charge on any atom is -0.399 e. The van der Waals surface area contributed by atoms with Crippen molar-refractivity contribution in [1.82, 2.24) is 0 Å². The van der Waals surface area contributed by atoms with E-state index < -0.39 is 12.7 Å². The van der Waals surface area contributed by atoms with E-state index in [1.54, 1.807) is 24.3 Å². The van der Waals surface area contributed by atoms with E-state index in [9.17, 15) is 13.2 Å². The molecular weight excluding hydrogens is 193 g/mol. The maximum atomic E-state index is 12.0. The van der Waals surface area contributed by atoms with Crippen molar-refractivity contribution in [3.8, 4) is 0 Å². The fourth-order valence-electron chi connectivity index (χ4n) is 1.09. The van der Waals surface area contributed by atoms with Crippen LogP contribution in [0.15, 0.2) is 24.3 Å². The lowest BCUT2D eigenvalue weighted by Crippen LogP contribution is -2.30. The fraction of sp³-hybridized carbons (Fsp3) is 0.333. The number of anilines is 2. The number of nitrogen functional groups attached to an aromatic ring is 1. The molecule has 0 radical (unpaired) electrons. The van der Waals surface area contributed by atoms with E-state index in [1.807, 2.05) is 0 Å². The van der Waals surface area contributed by atoms with Gasteiger partial charge in [-0.3, -0.25) is 0 Å². The van der Waals surface area contributed by atoms with Crippen LogP contribution < -0.4 is 10.6 Å². The molecule has 0 fully saturated rings. The van der Waals surface area contributed by atoms with Gasteiger partial charge in [0.25, 0.3) is 0 Å². The van der Waals surface area contributed by atoms with Crippen molar-refractivity contribution >= 4 is 11.4 Å². The molecule has 5 heteroatoms. The molecule has 0 heterocycles. The first-order valence-corrected chi connectivity index (χ1v) is 4.02. The Bertz CT molecular complexity index is 292. The van der Waals surface area contributed by atoms with E-state index in [4.69, 9.17) is 5.73 Å². The molecule has 0 bridgehead atoms. The Kier molecular flexibility index (Phi) is 2.88. The summed E-state index contributed by atoms with van der Waals surface area (Å²) in [6.07, 6.45) is -4.18. The zero-order valence-corrected chi connectivity index (χ0v) is 7.67. The van der Waals surface area contributed by atoms with E-state index in [2.05, 4.69) is 0 Å². The molecule has 14 heavy (non-hydrogen) atoms. The molecule has 0 spiro atoms. The van der Waals surface area contributed by atoms with Gasteiger partial charge in [-0.25, -0.2) is 0 Å². The Morgan fingerprint density at radius 1 is 1.21 bits per heavy atom. The Morgan fingerprint density at radius 2 is 1.71 bits per heavy atom. The zero-order chi connectivity index (χ0) is 10.8. The monoisotopic (exact) mass is 204 g/mol. The van der Waals surface area contributed by atoms with Crippen LogP contribution in [0.4, 0.5) is 24.5 Å². The van der Waals surface area contributed by atoms with Crippen LogP contribution in [0.3, 0.4) is 0 Å². The second kappa shape index (κ2) is 3.77. The zero-order valence-electron chi connectivity index (χ0n) is 7.67. The molecule has 0 saturated carbocycles. The van der Waals surface area contributed by atoms with Crippen molar-refractivity contribution < 1.29 is 13.2 Å². The summed E-state index contributed by atoms with van der Waals surface area (Å²) in [5, 5.41) is 0. The van der Waals surface area contributed by atoms with Crippen LogP contribution in [0.25, 0.3) is 0 Å². The SMILES string of the molecule is CN(CC(F)(F)F)c1ccc(N)cc1. The van der Waals surface area contributed by atoms with Gasteiger partial charge in [0.2, 0.25) is 0 Å². The molecule has 0 aliphatic rings. The van der Waals surface area contributed by atoms with Crippen LogP contribution in [0.1, 0.15) is 0 Å². The molecule has 1 aromatic carbocycles. The highest BCUT2D eigenvalue weighted by atomic mass is 19.4. The molecule has 0 aromatic heterocycles. The lowest BCUT2D eigenvalue weighted by molar-refractivity contribution is -0.119. The molecule has 2 N–H and O–H groups in total. The second-order valence-electron chi connectivity index (χ2n) is 3.06. The molecule has 0 unspecified atom stereocenters. The Hall–Kier alpha value is -1.39. The van der Waals surface area contributed by atoms with Crippen LogP contribution in [0.5, 0.6) is 0 Å². The number of rotatable bonds is 2. The van der Waals surface area contributed by atoms with Gasteiger partial charge in [0.1, 0.15) is 6.54 Å². The highest BCUT2D eigenvalue weighted by Crippen LogP contribution is 2.21. The summed E-state index contributed by atoms with van der Waals surface area (Å²) < 4.78 is 36.0. The Balaban J connectivity index is 2.70. The van der Waals surface area contributed by atoms with Crippen LogP contribution in [-0.2, 0) is 0 Å². The first-order chi connectivity index (χ1) is 6.38. The van der Waals surface area contributed by atoms with E-state index >= 15 is 0 Å². The number of alkyl halides is 3. The predicted molar refractivity (Wildman–Crippen MR) is 50.2 cm³/mol. The summed E-state index contributed by atoms with van der Waals surface area (Å²) in [5.74, 6) is 0. The van der Waals surface area contributed by atoms with Gasteiger partial charge in [0.15, 0.2) is 0 Å². The molecule has 0 saturated heterocycles. The summed E-state index contributed by atoms with van der Waals surface area (Å²) in [6, 6.07) is 6.26. The number of hydrogen-bond donors (Lipinski definition) is 1. The van der Waals surface area contributed by atoms with Crippen molar-refractivity contribution in [2.24, 2.45) is 0 Å². The quantitative estimate of drug-likeness (QED) is 0.749. The number of hydrogen-bond acceptors (Lipinski definition) is 2. The first-order valence-electron chi connectivity index (χ1n) is 4.02. The van der Waals surface area contributed by atoms with Crippen molar-refractivity contribution in [3.05, 3.63) is 24.3 Å². The Morgan fingerprint density at radius 3 is 2.14 bits per heavy atom. The van der Waals surface area contributed by atoms with Crippen molar-refractivity contribution in [2.45, 2.75) is 6.18 Å². The molecule has 2 nitrogen and oxygen atoms in total. The van der Waals surface area contributed by atoms with E-state index in [0.717, 1.165) is 4.90 Å². The minimum atomic E-state index is -4.18. The topological polar surface area (TPSA) is 29.3 Å². The third-order valence-corrected chi connectivity index (χ3v) is 1.75. The number of benzene rings is 1. The van der Waals surface area contributed by atoms with Gasteiger partial charge in [-0.15, -0.1) is 0 Å². The highest BCUT2D eigenvalue weighted by Gasteiger charge is 2.29. The maximum Gasteiger partial charge on any atom is 0.405 e. The second-order valence-corrected chi connectivity index (χ2v) is 3.06. The van der Waals surface area contributed by atoms with Gasteiger partial charge in [0.05, 0.1) is 0 Å². The van der Waals surface area contributed by atoms with Gasteiger partial charge in [-0.05, 0) is 24.3 Å². The first kappa shape index (κ1) is 10.7. The summed E-state index contributed by atoms with van der Waals surface area (Å²) in [4.78, 5) is 1.12. The van der Waals surface area contributed by atoms with Gasteiger partial charge in [-0.2, -0.15) is 13.2 Å². The van der Waals surface area contributed by atoms with Gasteiger partial charge in [-0.1, -0.05) is 0 Å². The van der Waals surface area contributed by atoms with Crippen LogP contribution in [-0.4, -0.2) is 19.8 Å². The molecule has 0 aliphatic heterocycles. The lowest BCUT2D eigenvalue weighted by atomic mass is 10.2. The van der Waals surface area contributed by atoms with E-state index in [0.29, 0.717) is 11.4 Å². The fourth-order valence-corrected chi connectivity index (χ4v) is 1.09. The normalized spacial score (nSPS) is 11.4. The van der Waals surface area contributed by atoms with Gasteiger partial charge < -0.3 is 10.6 Å². The number of halogens is 3. The molecule has 0 amide bonds. The summed E-state index contributed by atoms with van der Waals surface area (Å²) in [7, 11) is 1.39. The largest absolute Gasteiger partial charge is 0.405 e. The highest BCUT2D eigenvalue weighted by molar-refractivity contribution is 5.52. The lowest BCUT2D eigenvalue weighted by Gasteiger charge is -2.20. The molecule has 0 atom stereocenters. The van der Waals surface area contributed by atoms with Crippen molar-refractivity contribution in [3.63, 3.8) is 0 Å². The average molecular weight is 204 g/mol. The number of nitrogens with two attached hydrogens (primary N) is 1. The minimum absolute atomic E-state index is 0.497. The molecule has 0 aliphatic carbocycles. The molecule has 1 rings (SSSR count). The Labute approximate surface area is 80.1 Å². The van der Waals surface area contributed by atoms with Gasteiger partial charge >= 0.3 is 6.18 Å². The third-order valence-electron chi connectivity index (χ3n) is 1.75. The van der Waals surface area contributed by atoms with E-state index in [-0.39, 0.29) is 0 Å². The summed E-state index contributed by atoms with van der Waals surface area (Å²) in [5.41, 5.74) is 6.45. The number of nitrogens with zero attached hydrogens (tertiary/aromatic N) is 1. The van der Waals surface area contributed by atoms with Crippen LogP contribution in [0.2, 0.25) is 0 Å². The van der Waals surface area contributed by atoms with Crippen LogP contribution >= 0.6 is 0 Å². The van der Waals surface area contributed by atoms with E-state index in [1.165, 1.54) is 7.05 Å². The summed E-state index contributed by atoms with van der Waals surface area (Å²) >= 11 is 0. The third kappa shape index (κ3) is 3.16. The standard InChI is InChI=1S/C9H11F3N2/c1-14(6-9(10,11)12)8-4-2-7(13)3-5-8/h2-5H,6,13H2,1H3. The average Bonchev–Trinajstić information content (AvgIpc) is 2.02. The smallest absolute Gasteiger partial charge is 0.399 e. The molecular formula is C9H11F3N2.